The summed E-state index contributed by atoms with van der Waals surface area (Å²) in [6.45, 7) is 7.27. The van der Waals surface area contributed by atoms with Crippen LogP contribution >= 0.6 is 0 Å². The molecule has 2 rings (SSSR count). The van der Waals surface area contributed by atoms with E-state index in [1.165, 1.54) is 16.8 Å². The van der Waals surface area contributed by atoms with Gasteiger partial charge < -0.3 is 5.73 Å². The van der Waals surface area contributed by atoms with E-state index in [2.05, 4.69) is 60.9 Å². The normalized spacial score (nSPS) is 12.6. The molecule has 0 radical (unpaired) electrons. The monoisotopic (exact) mass is 271 g/mol. The van der Waals surface area contributed by atoms with Gasteiger partial charge in [-0.15, -0.1) is 0 Å². The van der Waals surface area contributed by atoms with E-state index in [0.29, 0.717) is 0 Å². The second kappa shape index (κ2) is 6.71. The SMILES string of the molecule is CCC(N)c1c(C)nn(CCCc2ccccc2)c1C. The van der Waals surface area contributed by atoms with Crippen molar-refractivity contribution in [3.8, 4) is 0 Å². The van der Waals surface area contributed by atoms with Crippen LogP contribution in [-0.2, 0) is 13.0 Å². The molecule has 1 aromatic heterocycles. The lowest BCUT2D eigenvalue weighted by Crippen LogP contribution is -2.11. The Labute approximate surface area is 121 Å². The molecule has 0 fully saturated rings. The van der Waals surface area contributed by atoms with E-state index in [4.69, 9.17) is 5.73 Å². The van der Waals surface area contributed by atoms with Crippen molar-refractivity contribution in [2.45, 2.75) is 52.6 Å². The van der Waals surface area contributed by atoms with Crippen molar-refractivity contribution in [3.05, 3.63) is 52.8 Å². The van der Waals surface area contributed by atoms with Crippen molar-refractivity contribution in [1.82, 2.24) is 9.78 Å². The van der Waals surface area contributed by atoms with E-state index in [9.17, 15) is 0 Å². The Morgan fingerprint density at radius 1 is 1.20 bits per heavy atom. The molecule has 0 spiro atoms. The molecule has 20 heavy (non-hydrogen) atoms. The lowest BCUT2D eigenvalue weighted by Gasteiger charge is -2.10. The Morgan fingerprint density at radius 3 is 2.55 bits per heavy atom. The highest BCUT2D eigenvalue weighted by atomic mass is 15.3. The van der Waals surface area contributed by atoms with Crippen molar-refractivity contribution in [2.75, 3.05) is 0 Å². The lowest BCUT2D eigenvalue weighted by atomic mass is 10.0. The minimum Gasteiger partial charge on any atom is -0.324 e. The van der Waals surface area contributed by atoms with E-state index >= 15 is 0 Å². The van der Waals surface area contributed by atoms with Gasteiger partial charge in [-0.1, -0.05) is 37.3 Å². The van der Waals surface area contributed by atoms with Crippen molar-refractivity contribution in [2.24, 2.45) is 5.73 Å². The Kier molecular flexibility index (Phi) is 4.96. The molecule has 2 aromatic rings. The highest BCUT2D eigenvalue weighted by Gasteiger charge is 2.16. The largest absolute Gasteiger partial charge is 0.324 e. The predicted molar refractivity (Wildman–Crippen MR) is 83.7 cm³/mol. The van der Waals surface area contributed by atoms with Crippen LogP contribution in [0.25, 0.3) is 0 Å². The minimum absolute atomic E-state index is 0.109. The number of aromatic nitrogens is 2. The molecule has 3 nitrogen and oxygen atoms in total. The topological polar surface area (TPSA) is 43.8 Å². The smallest absolute Gasteiger partial charge is 0.0644 e. The Morgan fingerprint density at radius 2 is 1.90 bits per heavy atom. The average molecular weight is 271 g/mol. The molecule has 1 unspecified atom stereocenters. The van der Waals surface area contributed by atoms with Gasteiger partial charge >= 0.3 is 0 Å². The lowest BCUT2D eigenvalue weighted by molar-refractivity contribution is 0.560. The van der Waals surface area contributed by atoms with Crippen LogP contribution in [0.4, 0.5) is 0 Å². The molecule has 2 N–H and O–H groups in total. The molecule has 1 heterocycles. The summed E-state index contributed by atoms with van der Waals surface area (Å²) in [5, 5.41) is 4.65. The molecule has 0 saturated heterocycles. The zero-order valence-electron chi connectivity index (χ0n) is 12.8. The van der Waals surface area contributed by atoms with E-state index in [1.54, 1.807) is 0 Å². The van der Waals surface area contributed by atoms with Gasteiger partial charge in [0.1, 0.15) is 0 Å². The summed E-state index contributed by atoms with van der Waals surface area (Å²) in [5.74, 6) is 0. The van der Waals surface area contributed by atoms with Gasteiger partial charge in [-0.3, -0.25) is 4.68 Å². The van der Waals surface area contributed by atoms with Crippen LogP contribution < -0.4 is 5.73 Å². The number of nitrogens with two attached hydrogens (primary N) is 1. The molecule has 1 atom stereocenters. The third-order valence-electron chi connectivity index (χ3n) is 3.93. The van der Waals surface area contributed by atoms with Crippen LogP contribution in [0.3, 0.4) is 0 Å². The molecule has 0 amide bonds. The molecule has 1 aromatic carbocycles. The van der Waals surface area contributed by atoms with Gasteiger partial charge in [0.25, 0.3) is 0 Å². The molecule has 0 aliphatic rings. The van der Waals surface area contributed by atoms with Crippen molar-refractivity contribution < 1.29 is 0 Å². The van der Waals surface area contributed by atoms with Gasteiger partial charge in [0.15, 0.2) is 0 Å². The van der Waals surface area contributed by atoms with E-state index < -0.39 is 0 Å². The molecular formula is C17H25N3. The number of hydrogen-bond donors (Lipinski definition) is 1. The molecule has 0 aliphatic carbocycles. The molecule has 0 bridgehead atoms. The average Bonchev–Trinajstić information content (AvgIpc) is 2.74. The maximum Gasteiger partial charge on any atom is 0.0644 e. The van der Waals surface area contributed by atoms with Crippen LogP contribution in [0.1, 0.15) is 48.3 Å². The summed E-state index contributed by atoms with van der Waals surface area (Å²) in [4.78, 5) is 0. The van der Waals surface area contributed by atoms with E-state index in [0.717, 1.165) is 31.5 Å². The standard InChI is InChI=1S/C17H25N3/c1-4-16(18)17-13(2)19-20(14(17)3)12-8-11-15-9-6-5-7-10-15/h5-7,9-10,16H,4,8,11-12,18H2,1-3H3. The maximum atomic E-state index is 6.18. The van der Waals surface area contributed by atoms with Gasteiger partial charge in [-0.25, -0.2) is 0 Å². The van der Waals surface area contributed by atoms with Crippen LogP contribution in [0.2, 0.25) is 0 Å². The van der Waals surface area contributed by atoms with Crippen LogP contribution in [0, 0.1) is 13.8 Å². The molecule has 108 valence electrons. The summed E-state index contributed by atoms with van der Waals surface area (Å²) in [6, 6.07) is 10.7. The summed E-state index contributed by atoms with van der Waals surface area (Å²) in [7, 11) is 0. The number of hydrogen-bond acceptors (Lipinski definition) is 2. The quantitative estimate of drug-likeness (QED) is 0.873. The number of aryl methyl sites for hydroxylation is 3. The van der Waals surface area contributed by atoms with Gasteiger partial charge in [0, 0.05) is 23.8 Å². The third kappa shape index (κ3) is 3.28. The maximum absolute atomic E-state index is 6.18. The van der Waals surface area contributed by atoms with Gasteiger partial charge in [-0.05, 0) is 38.7 Å². The summed E-state index contributed by atoms with van der Waals surface area (Å²) in [5.41, 5.74) is 11.1. The Hall–Kier alpha value is -1.61. The van der Waals surface area contributed by atoms with Crippen LogP contribution in [0.15, 0.2) is 30.3 Å². The van der Waals surface area contributed by atoms with Crippen molar-refractivity contribution in [1.29, 1.82) is 0 Å². The van der Waals surface area contributed by atoms with Crippen molar-refractivity contribution in [3.63, 3.8) is 0 Å². The van der Waals surface area contributed by atoms with Gasteiger partial charge in [0.2, 0.25) is 0 Å². The van der Waals surface area contributed by atoms with Crippen molar-refractivity contribution >= 4 is 0 Å². The summed E-state index contributed by atoms with van der Waals surface area (Å²) >= 11 is 0. The first-order valence-corrected chi connectivity index (χ1v) is 7.47. The Bertz CT molecular complexity index is 543. The van der Waals surface area contributed by atoms with E-state index in [1.807, 2.05) is 0 Å². The van der Waals surface area contributed by atoms with E-state index in [-0.39, 0.29) is 6.04 Å². The fourth-order valence-electron chi connectivity index (χ4n) is 2.75. The Balaban J connectivity index is 2.00. The molecule has 0 saturated carbocycles. The number of nitrogens with zero attached hydrogens (tertiary/aromatic N) is 2. The highest BCUT2D eigenvalue weighted by Crippen LogP contribution is 2.22. The number of rotatable bonds is 6. The first-order chi connectivity index (χ1) is 9.63. The molecular weight excluding hydrogens is 246 g/mol. The first kappa shape index (κ1) is 14.8. The summed E-state index contributed by atoms with van der Waals surface area (Å²) in [6.07, 6.45) is 3.15. The van der Waals surface area contributed by atoms with Crippen LogP contribution in [-0.4, -0.2) is 9.78 Å². The number of benzene rings is 1. The molecule has 0 aliphatic heterocycles. The zero-order valence-corrected chi connectivity index (χ0v) is 12.8. The second-order valence-corrected chi connectivity index (χ2v) is 5.41. The van der Waals surface area contributed by atoms with Gasteiger partial charge in [0.05, 0.1) is 5.69 Å². The summed E-state index contributed by atoms with van der Waals surface area (Å²) < 4.78 is 2.11. The first-order valence-electron chi connectivity index (χ1n) is 7.47. The fourth-order valence-corrected chi connectivity index (χ4v) is 2.75. The second-order valence-electron chi connectivity index (χ2n) is 5.41. The third-order valence-corrected chi connectivity index (χ3v) is 3.93. The van der Waals surface area contributed by atoms with Crippen LogP contribution in [0.5, 0.6) is 0 Å². The molecule has 3 heteroatoms. The zero-order chi connectivity index (χ0) is 14.5. The predicted octanol–water partition coefficient (Wildman–Crippen LogP) is 3.54. The van der Waals surface area contributed by atoms with Gasteiger partial charge in [-0.2, -0.15) is 5.10 Å². The minimum atomic E-state index is 0.109. The highest BCUT2D eigenvalue weighted by molar-refractivity contribution is 5.27. The fraction of sp³-hybridized carbons (Fsp3) is 0.471.